The Bertz CT molecular complexity index is 781. The van der Waals surface area contributed by atoms with E-state index >= 15 is 0 Å². The maximum atomic E-state index is 12.1. The van der Waals surface area contributed by atoms with Crippen molar-refractivity contribution in [2.45, 2.75) is 65.3 Å². The van der Waals surface area contributed by atoms with Crippen LogP contribution in [0.25, 0.3) is 0 Å². The summed E-state index contributed by atoms with van der Waals surface area (Å²) in [6, 6.07) is 8.69. The number of rotatable bonds is 7. The van der Waals surface area contributed by atoms with Gasteiger partial charge in [0.1, 0.15) is 5.60 Å². The summed E-state index contributed by atoms with van der Waals surface area (Å²) in [5.41, 5.74) is 2.95. The lowest BCUT2D eigenvalue weighted by molar-refractivity contribution is 0.0285. The van der Waals surface area contributed by atoms with E-state index in [0.717, 1.165) is 49.6 Å². The maximum Gasteiger partial charge on any atom is 0.410 e. The Labute approximate surface area is 217 Å². The lowest BCUT2D eigenvalue weighted by Gasteiger charge is -2.33. The van der Waals surface area contributed by atoms with E-state index in [1.54, 1.807) is 19.0 Å². The van der Waals surface area contributed by atoms with Gasteiger partial charge in [0, 0.05) is 52.9 Å². The van der Waals surface area contributed by atoms with E-state index in [1.165, 1.54) is 5.57 Å². The van der Waals surface area contributed by atoms with Crippen molar-refractivity contribution in [1.29, 1.82) is 0 Å². The zero-order valence-electron chi connectivity index (χ0n) is 21.1. The van der Waals surface area contributed by atoms with Crippen LogP contribution >= 0.6 is 24.0 Å². The lowest BCUT2D eigenvalue weighted by atomic mass is 10.0. The summed E-state index contributed by atoms with van der Waals surface area (Å²) < 4.78 is 5.41. The quantitative estimate of drug-likeness (QED) is 0.220. The number of benzene rings is 1. The fourth-order valence-electron chi connectivity index (χ4n) is 3.63. The molecule has 0 aromatic heterocycles. The molecule has 186 valence electrons. The number of halogens is 1. The summed E-state index contributed by atoms with van der Waals surface area (Å²) in [4.78, 5) is 20.6. The number of carbonyl (C=O) groups is 1. The smallest absolute Gasteiger partial charge is 0.410 e. The molecule has 1 saturated heterocycles. The summed E-state index contributed by atoms with van der Waals surface area (Å²) >= 11 is 0. The van der Waals surface area contributed by atoms with Crippen molar-refractivity contribution >= 4 is 36.0 Å². The van der Waals surface area contributed by atoms with Crippen LogP contribution in [0.15, 0.2) is 41.4 Å². The standard InChI is InChI=1S/C25H41N5O2.HI/c1-19(2)17-30-14-12-22(13-15-30)28-23(26-6)27-16-20-8-10-21(11-9-20)18-29(7)24(31)32-25(3,4)5;/h8-11,22H,1,12-18H2,2-7H3,(H2,26,27,28);1H. The van der Waals surface area contributed by atoms with Crippen LogP contribution in [0.1, 0.15) is 51.7 Å². The SMILES string of the molecule is C=C(C)CN1CCC(NC(=NC)NCc2ccc(CN(C)C(=O)OC(C)(C)C)cc2)CC1.I. The average molecular weight is 572 g/mol. The van der Waals surface area contributed by atoms with Gasteiger partial charge in [0.2, 0.25) is 0 Å². The van der Waals surface area contributed by atoms with Gasteiger partial charge in [-0.05, 0) is 51.7 Å². The monoisotopic (exact) mass is 571 g/mol. The molecular formula is C25H42IN5O2. The number of aliphatic imine (C=N–C) groups is 1. The van der Waals surface area contributed by atoms with Gasteiger partial charge in [-0.15, -0.1) is 24.0 Å². The first kappa shape index (κ1) is 29.2. The van der Waals surface area contributed by atoms with E-state index < -0.39 is 5.60 Å². The molecule has 0 atom stereocenters. The van der Waals surface area contributed by atoms with E-state index in [1.807, 2.05) is 32.9 Å². The molecule has 7 nitrogen and oxygen atoms in total. The molecule has 0 bridgehead atoms. The molecule has 2 N–H and O–H groups in total. The summed E-state index contributed by atoms with van der Waals surface area (Å²) in [5.74, 6) is 0.831. The largest absolute Gasteiger partial charge is 0.444 e. The van der Waals surface area contributed by atoms with E-state index in [0.29, 0.717) is 19.1 Å². The van der Waals surface area contributed by atoms with Crippen LogP contribution in [0.3, 0.4) is 0 Å². The lowest BCUT2D eigenvalue weighted by Crippen LogP contribution is -2.48. The number of guanidine groups is 1. The fourth-order valence-corrected chi connectivity index (χ4v) is 3.63. The topological polar surface area (TPSA) is 69.2 Å². The number of amides is 1. The number of piperidine rings is 1. The molecule has 1 aromatic rings. The van der Waals surface area contributed by atoms with Crippen molar-refractivity contribution in [3.05, 3.63) is 47.5 Å². The Hall–Kier alpha value is -1.81. The third-order valence-corrected chi connectivity index (χ3v) is 5.25. The highest BCUT2D eigenvalue weighted by atomic mass is 127. The number of hydrogen-bond acceptors (Lipinski definition) is 4. The molecule has 8 heteroatoms. The highest BCUT2D eigenvalue weighted by molar-refractivity contribution is 14.0. The third kappa shape index (κ3) is 11.2. The summed E-state index contributed by atoms with van der Waals surface area (Å²) in [6.07, 6.45) is 1.89. The molecule has 0 saturated carbocycles. The molecule has 1 aliphatic rings. The van der Waals surface area contributed by atoms with Gasteiger partial charge in [-0.3, -0.25) is 9.89 Å². The first-order valence-electron chi connectivity index (χ1n) is 11.4. The molecule has 1 amide bonds. The third-order valence-electron chi connectivity index (χ3n) is 5.25. The summed E-state index contributed by atoms with van der Waals surface area (Å²) in [6.45, 7) is 16.1. The van der Waals surface area contributed by atoms with Gasteiger partial charge < -0.3 is 20.3 Å². The number of nitrogens with one attached hydrogen (secondary N) is 2. The zero-order chi connectivity index (χ0) is 23.7. The molecule has 33 heavy (non-hydrogen) atoms. The predicted octanol–water partition coefficient (Wildman–Crippen LogP) is 4.38. The zero-order valence-corrected chi connectivity index (χ0v) is 23.4. The Morgan fingerprint density at radius 1 is 1.21 bits per heavy atom. The van der Waals surface area contributed by atoms with Crippen LogP contribution < -0.4 is 10.6 Å². The fraction of sp³-hybridized carbons (Fsp3) is 0.600. The van der Waals surface area contributed by atoms with E-state index in [4.69, 9.17) is 4.74 Å². The Morgan fingerprint density at radius 2 is 1.79 bits per heavy atom. The van der Waals surface area contributed by atoms with Crippen LogP contribution in [-0.4, -0.2) is 67.2 Å². The van der Waals surface area contributed by atoms with Gasteiger partial charge in [0.25, 0.3) is 0 Å². The molecule has 1 fully saturated rings. The molecular weight excluding hydrogens is 529 g/mol. The average Bonchev–Trinajstić information content (AvgIpc) is 2.71. The first-order chi connectivity index (χ1) is 15.1. The van der Waals surface area contributed by atoms with E-state index in [9.17, 15) is 4.79 Å². The molecule has 0 radical (unpaired) electrons. The van der Waals surface area contributed by atoms with E-state index in [2.05, 4.69) is 46.2 Å². The van der Waals surface area contributed by atoms with Crippen LogP contribution in [0, 0.1) is 0 Å². The normalized spacial score (nSPS) is 15.4. The van der Waals surface area contributed by atoms with Crippen molar-refractivity contribution in [1.82, 2.24) is 20.4 Å². The molecule has 1 aromatic carbocycles. The first-order valence-corrected chi connectivity index (χ1v) is 11.4. The maximum absolute atomic E-state index is 12.1. The molecule has 0 unspecified atom stereocenters. The Kier molecular flexibility index (Phi) is 12.2. The second-order valence-electron chi connectivity index (χ2n) is 9.73. The van der Waals surface area contributed by atoms with Crippen LogP contribution in [0.5, 0.6) is 0 Å². The molecule has 0 aliphatic carbocycles. The molecule has 2 rings (SSSR count). The van der Waals surface area contributed by atoms with Gasteiger partial charge in [0.15, 0.2) is 5.96 Å². The number of likely N-dealkylation sites (tertiary alicyclic amines) is 1. The number of ether oxygens (including phenoxy) is 1. The van der Waals surface area contributed by atoms with Gasteiger partial charge in [-0.1, -0.05) is 36.4 Å². The Morgan fingerprint density at radius 3 is 2.30 bits per heavy atom. The second kappa shape index (κ2) is 13.8. The number of nitrogens with zero attached hydrogens (tertiary/aromatic N) is 3. The van der Waals surface area contributed by atoms with Crippen molar-refractivity contribution in [3.63, 3.8) is 0 Å². The van der Waals surface area contributed by atoms with Crippen LogP contribution in [0.4, 0.5) is 4.79 Å². The highest BCUT2D eigenvalue weighted by Crippen LogP contribution is 2.13. The van der Waals surface area contributed by atoms with Crippen LogP contribution in [0.2, 0.25) is 0 Å². The van der Waals surface area contributed by atoms with E-state index in [-0.39, 0.29) is 30.1 Å². The second-order valence-corrected chi connectivity index (χ2v) is 9.73. The Balaban J connectivity index is 0.00000544. The summed E-state index contributed by atoms with van der Waals surface area (Å²) in [7, 11) is 3.56. The highest BCUT2D eigenvalue weighted by Gasteiger charge is 2.20. The van der Waals surface area contributed by atoms with Crippen molar-refractivity contribution in [2.24, 2.45) is 4.99 Å². The van der Waals surface area contributed by atoms with Crippen LogP contribution in [-0.2, 0) is 17.8 Å². The number of carbonyl (C=O) groups excluding carboxylic acids is 1. The van der Waals surface area contributed by atoms with Gasteiger partial charge in [-0.25, -0.2) is 4.79 Å². The number of hydrogen-bond donors (Lipinski definition) is 2. The van der Waals surface area contributed by atoms with Gasteiger partial charge >= 0.3 is 6.09 Å². The minimum Gasteiger partial charge on any atom is -0.444 e. The molecule has 0 spiro atoms. The molecule has 1 aliphatic heterocycles. The minimum absolute atomic E-state index is 0. The van der Waals surface area contributed by atoms with Gasteiger partial charge in [0.05, 0.1) is 0 Å². The predicted molar refractivity (Wildman–Crippen MR) is 147 cm³/mol. The van der Waals surface area contributed by atoms with Crippen molar-refractivity contribution < 1.29 is 9.53 Å². The molecule has 1 heterocycles. The van der Waals surface area contributed by atoms with Gasteiger partial charge in [-0.2, -0.15) is 0 Å². The van der Waals surface area contributed by atoms with Crippen molar-refractivity contribution in [2.75, 3.05) is 33.7 Å². The minimum atomic E-state index is -0.491. The van der Waals surface area contributed by atoms with Crippen molar-refractivity contribution in [3.8, 4) is 0 Å². The summed E-state index contributed by atoms with van der Waals surface area (Å²) in [5, 5.41) is 6.96.